The summed E-state index contributed by atoms with van der Waals surface area (Å²) in [5.74, 6) is 1.06. The van der Waals surface area contributed by atoms with E-state index in [9.17, 15) is 9.36 Å². The van der Waals surface area contributed by atoms with E-state index in [0.29, 0.717) is 18.3 Å². The molecular weight excluding hydrogens is 251 g/mol. The standard InChI is InChI=1S/C13H27O4P/c1-11(2)7-6-8-12(3)9-13(14)10-17-18(5,15)16-4/h11-12H,6-10H2,1-5H3/t12-,18?/m0/s1. The van der Waals surface area contributed by atoms with Gasteiger partial charge in [0.1, 0.15) is 6.61 Å². The lowest BCUT2D eigenvalue weighted by Gasteiger charge is -2.13. The molecule has 5 heteroatoms. The first-order valence-corrected chi connectivity index (χ1v) is 8.55. The van der Waals surface area contributed by atoms with Gasteiger partial charge in [0.15, 0.2) is 5.78 Å². The molecule has 0 aromatic carbocycles. The van der Waals surface area contributed by atoms with E-state index in [0.717, 1.165) is 12.8 Å². The molecule has 2 atom stereocenters. The highest BCUT2D eigenvalue weighted by atomic mass is 31.2. The fourth-order valence-corrected chi connectivity index (χ4v) is 2.15. The second kappa shape index (κ2) is 8.84. The van der Waals surface area contributed by atoms with Crippen molar-refractivity contribution >= 4 is 13.4 Å². The zero-order valence-electron chi connectivity index (χ0n) is 12.3. The van der Waals surface area contributed by atoms with Crippen molar-refractivity contribution in [2.75, 3.05) is 20.4 Å². The van der Waals surface area contributed by atoms with E-state index in [4.69, 9.17) is 4.52 Å². The number of hydrogen-bond acceptors (Lipinski definition) is 4. The lowest BCUT2D eigenvalue weighted by atomic mass is 9.96. The van der Waals surface area contributed by atoms with E-state index < -0.39 is 7.60 Å². The lowest BCUT2D eigenvalue weighted by molar-refractivity contribution is -0.122. The van der Waals surface area contributed by atoms with Gasteiger partial charge in [0.2, 0.25) is 0 Å². The van der Waals surface area contributed by atoms with E-state index >= 15 is 0 Å². The van der Waals surface area contributed by atoms with Gasteiger partial charge in [0.05, 0.1) is 0 Å². The van der Waals surface area contributed by atoms with Gasteiger partial charge in [-0.3, -0.25) is 9.36 Å². The lowest BCUT2D eigenvalue weighted by Crippen LogP contribution is -2.12. The van der Waals surface area contributed by atoms with E-state index in [-0.39, 0.29) is 12.4 Å². The molecule has 4 nitrogen and oxygen atoms in total. The van der Waals surface area contributed by atoms with Crippen LogP contribution in [-0.2, 0) is 18.4 Å². The molecule has 0 aliphatic carbocycles. The molecule has 0 aliphatic heterocycles. The summed E-state index contributed by atoms with van der Waals surface area (Å²) in [6, 6.07) is 0. The largest absolute Gasteiger partial charge is 0.327 e. The van der Waals surface area contributed by atoms with Crippen molar-refractivity contribution in [3.63, 3.8) is 0 Å². The summed E-state index contributed by atoms with van der Waals surface area (Å²) >= 11 is 0. The molecule has 1 unspecified atom stereocenters. The van der Waals surface area contributed by atoms with Crippen LogP contribution in [0, 0.1) is 11.8 Å². The number of carbonyl (C=O) groups is 1. The quantitative estimate of drug-likeness (QED) is 0.569. The van der Waals surface area contributed by atoms with Crippen molar-refractivity contribution in [2.45, 2.75) is 46.5 Å². The number of rotatable bonds is 10. The summed E-state index contributed by atoms with van der Waals surface area (Å²) in [5.41, 5.74) is 0. The molecule has 0 bridgehead atoms. The molecular formula is C13H27O4P. The zero-order valence-corrected chi connectivity index (χ0v) is 13.2. The molecule has 0 N–H and O–H groups in total. The maximum atomic E-state index is 11.6. The molecule has 0 saturated heterocycles. The molecule has 0 aromatic rings. The van der Waals surface area contributed by atoms with Gasteiger partial charge in [0, 0.05) is 20.2 Å². The van der Waals surface area contributed by atoms with Gasteiger partial charge >= 0.3 is 7.60 Å². The predicted octanol–water partition coefficient (Wildman–Crippen LogP) is 3.89. The maximum Gasteiger partial charge on any atom is 0.327 e. The molecule has 0 aromatic heterocycles. The van der Waals surface area contributed by atoms with Crippen LogP contribution >= 0.6 is 7.60 Å². The summed E-state index contributed by atoms with van der Waals surface area (Å²) in [7, 11) is -1.71. The maximum absolute atomic E-state index is 11.6. The van der Waals surface area contributed by atoms with Crippen LogP contribution in [0.2, 0.25) is 0 Å². The van der Waals surface area contributed by atoms with E-state index in [1.54, 1.807) is 0 Å². The molecule has 0 saturated carbocycles. The highest BCUT2D eigenvalue weighted by Crippen LogP contribution is 2.42. The normalized spacial score (nSPS) is 16.6. The van der Waals surface area contributed by atoms with Gasteiger partial charge in [-0.1, -0.05) is 40.0 Å². The average Bonchev–Trinajstić information content (AvgIpc) is 2.26. The highest BCUT2D eigenvalue weighted by molar-refractivity contribution is 7.52. The molecule has 0 spiro atoms. The first kappa shape index (κ1) is 17.8. The van der Waals surface area contributed by atoms with Crippen molar-refractivity contribution in [1.29, 1.82) is 0 Å². The van der Waals surface area contributed by atoms with Crippen LogP contribution in [0.15, 0.2) is 0 Å². The Balaban J connectivity index is 3.77. The first-order chi connectivity index (χ1) is 8.26. The Morgan fingerprint density at radius 1 is 1.22 bits per heavy atom. The van der Waals surface area contributed by atoms with E-state index in [1.165, 1.54) is 20.2 Å². The van der Waals surface area contributed by atoms with Crippen molar-refractivity contribution in [1.82, 2.24) is 0 Å². The summed E-state index contributed by atoms with van der Waals surface area (Å²) in [4.78, 5) is 11.6. The van der Waals surface area contributed by atoms with Gasteiger partial charge in [-0.05, 0) is 11.8 Å². The fraction of sp³-hybridized carbons (Fsp3) is 0.923. The van der Waals surface area contributed by atoms with Gasteiger partial charge in [-0.15, -0.1) is 0 Å². The van der Waals surface area contributed by atoms with Crippen molar-refractivity contribution in [3.8, 4) is 0 Å². The summed E-state index contributed by atoms with van der Waals surface area (Å²) in [6.07, 6.45) is 3.89. The predicted molar refractivity (Wildman–Crippen MR) is 74.0 cm³/mol. The van der Waals surface area contributed by atoms with Crippen molar-refractivity contribution in [2.24, 2.45) is 11.8 Å². The minimum Gasteiger partial charge on any atom is -0.312 e. The number of Topliss-reactive ketones (excluding diaryl/α,β-unsaturated/α-hetero) is 1. The van der Waals surface area contributed by atoms with Gasteiger partial charge < -0.3 is 9.05 Å². The number of ketones is 1. The van der Waals surface area contributed by atoms with E-state index in [2.05, 4.69) is 25.3 Å². The third-order valence-electron chi connectivity index (χ3n) is 2.85. The fourth-order valence-electron chi connectivity index (χ4n) is 1.67. The zero-order chi connectivity index (χ0) is 14.2. The topological polar surface area (TPSA) is 52.6 Å². The number of hydrogen-bond donors (Lipinski definition) is 0. The Kier molecular flexibility index (Phi) is 8.75. The van der Waals surface area contributed by atoms with Crippen LogP contribution in [0.1, 0.15) is 46.5 Å². The third-order valence-corrected chi connectivity index (χ3v) is 4.11. The molecule has 0 amide bonds. The van der Waals surface area contributed by atoms with Crippen molar-refractivity contribution in [3.05, 3.63) is 0 Å². The van der Waals surface area contributed by atoms with Gasteiger partial charge in [-0.25, -0.2) is 0 Å². The average molecular weight is 278 g/mol. The second-order valence-electron chi connectivity index (χ2n) is 5.40. The Hall–Kier alpha value is -0.180. The Labute approximate surface area is 111 Å². The molecule has 0 aliphatic rings. The second-order valence-corrected chi connectivity index (χ2v) is 7.57. The summed E-state index contributed by atoms with van der Waals surface area (Å²) in [6.45, 7) is 7.73. The molecule has 0 rings (SSSR count). The number of carbonyl (C=O) groups excluding carboxylic acids is 1. The molecule has 18 heavy (non-hydrogen) atoms. The van der Waals surface area contributed by atoms with Crippen LogP contribution in [-0.4, -0.2) is 26.2 Å². The Bertz CT molecular complexity index is 289. The van der Waals surface area contributed by atoms with Crippen molar-refractivity contribution < 1.29 is 18.4 Å². The third kappa shape index (κ3) is 9.81. The summed E-state index contributed by atoms with van der Waals surface area (Å²) < 4.78 is 21.1. The van der Waals surface area contributed by atoms with Gasteiger partial charge in [0.25, 0.3) is 0 Å². The van der Waals surface area contributed by atoms with Gasteiger partial charge in [-0.2, -0.15) is 0 Å². The van der Waals surface area contributed by atoms with Crippen LogP contribution < -0.4 is 0 Å². The molecule has 0 heterocycles. The highest BCUT2D eigenvalue weighted by Gasteiger charge is 2.17. The monoisotopic (exact) mass is 278 g/mol. The summed E-state index contributed by atoms with van der Waals surface area (Å²) in [5, 5.41) is 0. The smallest absolute Gasteiger partial charge is 0.312 e. The van der Waals surface area contributed by atoms with Crippen LogP contribution in [0.4, 0.5) is 0 Å². The minimum absolute atomic E-state index is 0.00817. The molecule has 0 fully saturated rings. The Morgan fingerprint density at radius 2 is 1.83 bits per heavy atom. The first-order valence-electron chi connectivity index (χ1n) is 6.56. The van der Waals surface area contributed by atoms with Crippen LogP contribution in [0.3, 0.4) is 0 Å². The van der Waals surface area contributed by atoms with Crippen LogP contribution in [0.5, 0.6) is 0 Å². The van der Waals surface area contributed by atoms with E-state index in [1.807, 2.05) is 0 Å². The minimum atomic E-state index is -3.03. The SMILES string of the molecule is COP(C)(=O)OCC(=O)C[C@@H](C)CCCC(C)C. The molecule has 108 valence electrons. The van der Waals surface area contributed by atoms with Crippen LogP contribution in [0.25, 0.3) is 0 Å². The Morgan fingerprint density at radius 3 is 2.33 bits per heavy atom. The molecule has 0 radical (unpaired) electrons.